The van der Waals surface area contributed by atoms with Crippen molar-refractivity contribution in [2.75, 3.05) is 5.32 Å². The van der Waals surface area contributed by atoms with Crippen molar-refractivity contribution in [1.82, 2.24) is 9.97 Å². The summed E-state index contributed by atoms with van der Waals surface area (Å²) < 4.78 is 0. The lowest BCUT2D eigenvalue weighted by Crippen LogP contribution is -2.03. The van der Waals surface area contributed by atoms with Crippen LogP contribution in [0.3, 0.4) is 0 Å². The van der Waals surface area contributed by atoms with Gasteiger partial charge in [-0.1, -0.05) is 0 Å². The minimum absolute atomic E-state index is 0.558. The first-order chi connectivity index (χ1) is 7.36. The van der Waals surface area contributed by atoms with Crippen LogP contribution >= 0.6 is 11.3 Å². The molecule has 2 heterocycles. The van der Waals surface area contributed by atoms with Crippen LogP contribution in [-0.4, -0.2) is 22.3 Å². The van der Waals surface area contributed by atoms with Crippen molar-refractivity contribution in [3.63, 3.8) is 0 Å². The first-order valence-electron chi connectivity index (χ1n) is 4.83. The van der Waals surface area contributed by atoms with Crippen LogP contribution in [0.25, 0.3) is 10.2 Å². The number of aromatic nitrogens is 2. The van der Waals surface area contributed by atoms with Crippen molar-refractivity contribution in [1.29, 1.82) is 0 Å². The van der Waals surface area contributed by atoms with Crippen LogP contribution in [0.5, 0.6) is 0 Å². The van der Waals surface area contributed by atoms with Crippen LogP contribution in [0.4, 0.5) is 5.82 Å². The Bertz CT molecular complexity index is 518. The van der Waals surface area contributed by atoms with Crippen LogP contribution in [0.2, 0.25) is 0 Å². The molecule has 3 rings (SSSR count). The highest BCUT2D eigenvalue weighted by Crippen LogP contribution is 2.30. The van der Waals surface area contributed by atoms with E-state index in [1.54, 1.807) is 0 Å². The molecule has 0 bridgehead atoms. The van der Waals surface area contributed by atoms with Crippen molar-refractivity contribution in [3.8, 4) is 0 Å². The fourth-order valence-electron chi connectivity index (χ4n) is 1.47. The molecule has 0 amide bonds. The van der Waals surface area contributed by atoms with Gasteiger partial charge in [0, 0.05) is 6.04 Å². The van der Waals surface area contributed by atoms with E-state index in [-0.39, 0.29) is 0 Å². The predicted molar refractivity (Wildman–Crippen MR) is 59.4 cm³/mol. The van der Waals surface area contributed by atoms with E-state index in [9.17, 15) is 4.79 Å². The van der Waals surface area contributed by atoms with Crippen molar-refractivity contribution in [2.24, 2.45) is 0 Å². The molecule has 1 saturated carbocycles. The minimum Gasteiger partial charge on any atom is -0.367 e. The van der Waals surface area contributed by atoms with Crippen molar-refractivity contribution >= 4 is 33.7 Å². The highest BCUT2D eigenvalue weighted by Gasteiger charge is 2.22. The van der Waals surface area contributed by atoms with Gasteiger partial charge in [0.2, 0.25) is 0 Å². The molecule has 0 aromatic carbocycles. The molecule has 1 N–H and O–H groups in total. The fourth-order valence-corrected chi connectivity index (χ4v) is 2.28. The lowest BCUT2D eigenvalue weighted by atomic mass is 10.3. The maximum absolute atomic E-state index is 10.7. The largest absolute Gasteiger partial charge is 0.367 e. The molecule has 0 spiro atoms. The first kappa shape index (κ1) is 8.79. The number of rotatable bonds is 3. The smallest absolute Gasteiger partial charge is 0.160 e. The normalized spacial score (nSPS) is 15.5. The molecule has 15 heavy (non-hydrogen) atoms. The van der Waals surface area contributed by atoms with Gasteiger partial charge in [-0.05, 0) is 18.9 Å². The number of carbonyl (C=O) groups excluding carboxylic acids is 1. The van der Waals surface area contributed by atoms with E-state index in [0.717, 1.165) is 22.3 Å². The zero-order valence-corrected chi connectivity index (χ0v) is 8.75. The number of nitrogens with zero attached hydrogens (tertiary/aromatic N) is 2. The molecule has 1 fully saturated rings. The third-order valence-electron chi connectivity index (χ3n) is 2.38. The van der Waals surface area contributed by atoms with E-state index >= 15 is 0 Å². The third-order valence-corrected chi connectivity index (χ3v) is 3.35. The highest BCUT2D eigenvalue weighted by atomic mass is 32.1. The molecule has 0 unspecified atom stereocenters. The van der Waals surface area contributed by atoms with Crippen LogP contribution in [0, 0.1) is 0 Å². The summed E-state index contributed by atoms with van der Waals surface area (Å²) in [7, 11) is 0. The quantitative estimate of drug-likeness (QED) is 0.803. The Morgan fingerprint density at radius 3 is 3.07 bits per heavy atom. The summed E-state index contributed by atoms with van der Waals surface area (Å²) in [5.41, 5.74) is 0. The molecule has 2 aromatic rings. The standard InChI is InChI=1S/C10H9N3OS/c14-4-7-3-8-9(13-6-1-2-6)11-5-12-10(8)15-7/h3-6H,1-2H2,(H,11,12,13). The SMILES string of the molecule is O=Cc1cc2c(NC3CC3)ncnc2s1. The molecule has 2 aromatic heterocycles. The van der Waals surface area contributed by atoms with Gasteiger partial charge in [0.05, 0.1) is 10.3 Å². The predicted octanol–water partition coefficient (Wildman–Crippen LogP) is 2.08. The number of nitrogens with one attached hydrogen (secondary N) is 1. The van der Waals surface area contributed by atoms with E-state index < -0.39 is 0 Å². The second-order valence-corrected chi connectivity index (χ2v) is 4.69. The molecule has 5 heteroatoms. The zero-order chi connectivity index (χ0) is 10.3. The Balaban J connectivity index is 2.10. The number of carbonyl (C=O) groups is 1. The number of anilines is 1. The van der Waals surface area contributed by atoms with E-state index in [0.29, 0.717) is 10.9 Å². The topological polar surface area (TPSA) is 54.9 Å². The van der Waals surface area contributed by atoms with Gasteiger partial charge >= 0.3 is 0 Å². The van der Waals surface area contributed by atoms with Gasteiger partial charge in [0.15, 0.2) is 6.29 Å². The molecule has 76 valence electrons. The van der Waals surface area contributed by atoms with E-state index in [1.807, 2.05) is 6.07 Å². The van der Waals surface area contributed by atoms with Crippen molar-refractivity contribution in [3.05, 3.63) is 17.3 Å². The van der Waals surface area contributed by atoms with Crippen molar-refractivity contribution in [2.45, 2.75) is 18.9 Å². The van der Waals surface area contributed by atoms with Crippen LogP contribution in [0.15, 0.2) is 12.4 Å². The average molecular weight is 219 g/mol. The summed E-state index contributed by atoms with van der Waals surface area (Å²) in [6.45, 7) is 0. The maximum Gasteiger partial charge on any atom is 0.160 e. The number of hydrogen-bond acceptors (Lipinski definition) is 5. The Morgan fingerprint density at radius 2 is 2.33 bits per heavy atom. The molecule has 1 aliphatic rings. The lowest BCUT2D eigenvalue weighted by molar-refractivity contribution is 0.112. The summed E-state index contributed by atoms with van der Waals surface area (Å²) >= 11 is 1.40. The van der Waals surface area contributed by atoms with Crippen molar-refractivity contribution < 1.29 is 4.79 Å². The minimum atomic E-state index is 0.558. The molecule has 1 aliphatic carbocycles. The zero-order valence-electron chi connectivity index (χ0n) is 7.93. The Labute approximate surface area is 90.4 Å². The number of aldehydes is 1. The monoisotopic (exact) mass is 219 g/mol. The second-order valence-electron chi connectivity index (χ2n) is 3.63. The van der Waals surface area contributed by atoms with Crippen LogP contribution in [0.1, 0.15) is 22.5 Å². The maximum atomic E-state index is 10.7. The molecular weight excluding hydrogens is 210 g/mol. The average Bonchev–Trinajstić information content (AvgIpc) is 2.96. The molecule has 0 radical (unpaired) electrons. The van der Waals surface area contributed by atoms with E-state index in [1.165, 1.54) is 30.5 Å². The summed E-state index contributed by atoms with van der Waals surface area (Å²) in [5.74, 6) is 0.854. The second kappa shape index (κ2) is 3.27. The number of hydrogen-bond donors (Lipinski definition) is 1. The summed E-state index contributed by atoms with van der Waals surface area (Å²) in [5, 5.41) is 4.29. The number of thiophene rings is 1. The molecule has 0 saturated heterocycles. The fraction of sp³-hybridized carbons (Fsp3) is 0.300. The summed E-state index contributed by atoms with van der Waals surface area (Å²) in [6.07, 6.45) is 4.80. The first-order valence-corrected chi connectivity index (χ1v) is 5.65. The van der Waals surface area contributed by atoms with Gasteiger partial charge in [-0.15, -0.1) is 11.3 Å². The summed E-state index contributed by atoms with van der Waals surface area (Å²) in [6, 6.07) is 2.40. The Kier molecular flexibility index (Phi) is 1.92. The summed E-state index contributed by atoms with van der Waals surface area (Å²) in [4.78, 5) is 20.6. The Hall–Kier alpha value is -1.49. The highest BCUT2D eigenvalue weighted by molar-refractivity contribution is 7.20. The molecule has 0 atom stereocenters. The third kappa shape index (κ3) is 1.59. The van der Waals surface area contributed by atoms with Gasteiger partial charge in [-0.3, -0.25) is 4.79 Å². The van der Waals surface area contributed by atoms with Gasteiger partial charge in [0.25, 0.3) is 0 Å². The molecular formula is C10H9N3OS. The van der Waals surface area contributed by atoms with Gasteiger partial charge < -0.3 is 5.32 Å². The van der Waals surface area contributed by atoms with Gasteiger partial charge in [-0.2, -0.15) is 0 Å². The Morgan fingerprint density at radius 1 is 1.47 bits per heavy atom. The lowest BCUT2D eigenvalue weighted by Gasteiger charge is -2.02. The van der Waals surface area contributed by atoms with Crippen LogP contribution in [-0.2, 0) is 0 Å². The number of fused-ring (bicyclic) bond motifs is 1. The van der Waals surface area contributed by atoms with Gasteiger partial charge in [-0.25, -0.2) is 9.97 Å². The molecule has 0 aliphatic heterocycles. The van der Waals surface area contributed by atoms with E-state index in [4.69, 9.17) is 0 Å². The van der Waals surface area contributed by atoms with E-state index in [2.05, 4.69) is 15.3 Å². The van der Waals surface area contributed by atoms with Crippen LogP contribution < -0.4 is 5.32 Å². The van der Waals surface area contributed by atoms with Gasteiger partial charge in [0.1, 0.15) is 17.0 Å². The molecule has 4 nitrogen and oxygen atoms in total.